The molecule has 0 aliphatic heterocycles. The Labute approximate surface area is 220 Å². The van der Waals surface area contributed by atoms with Crippen molar-refractivity contribution in [3.63, 3.8) is 0 Å². The first-order chi connectivity index (χ1) is 17.6. The fourth-order valence-corrected chi connectivity index (χ4v) is 8.10. The zero-order chi connectivity index (χ0) is 26.5. The number of esters is 1. The molecular weight excluding hydrogens is 466 g/mol. The zero-order valence-corrected chi connectivity index (χ0v) is 22.8. The van der Waals surface area contributed by atoms with E-state index in [-0.39, 0.29) is 30.0 Å². The fourth-order valence-electron chi connectivity index (χ4n) is 8.10. The van der Waals surface area contributed by atoms with Crippen LogP contribution >= 0.6 is 0 Å². The molecule has 1 aromatic carbocycles. The number of ketones is 2. The maximum atomic E-state index is 13.4. The summed E-state index contributed by atoms with van der Waals surface area (Å²) in [6, 6.07) is 8.61. The summed E-state index contributed by atoms with van der Waals surface area (Å²) in [6.07, 6.45) is 7.27. The Bertz CT molecular complexity index is 1180. The number of hydrogen-bond donors (Lipinski definition) is 0. The van der Waals surface area contributed by atoms with Crippen molar-refractivity contribution in [2.45, 2.75) is 70.3 Å². The maximum Gasteiger partial charge on any atom is 0.303 e. The average molecular weight is 506 g/mol. The molecular formula is C31H39NO5. The van der Waals surface area contributed by atoms with Gasteiger partial charge in [0.05, 0.1) is 0 Å². The van der Waals surface area contributed by atoms with Gasteiger partial charge in [-0.05, 0) is 85.3 Å². The van der Waals surface area contributed by atoms with E-state index >= 15 is 0 Å². The van der Waals surface area contributed by atoms with E-state index < -0.39 is 17.0 Å². The molecule has 4 aliphatic carbocycles. The summed E-state index contributed by atoms with van der Waals surface area (Å²) in [5.74, 6) is 0.331. The molecule has 0 heterocycles. The number of fused-ring (bicyclic) bond motifs is 4. The summed E-state index contributed by atoms with van der Waals surface area (Å²) in [4.78, 5) is 40.5. The van der Waals surface area contributed by atoms with Gasteiger partial charge >= 0.3 is 5.97 Å². The third kappa shape index (κ3) is 4.08. The number of Topliss-reactive ketones (excluding diaryl/α,β-unsaturated/α-hetero) is 1. The van der Waals surface area contributed by atoms with Crippen molar-refractivity contribution in [2.75, 3.05) is 32.7 Å². The maximum absolute atomic E-state index is 13.4. The highest BCUT2D eigenvalue weighted by Crippen LogP contribution is 2.65. The van der Waals surface area contributed by atoms with Crippen LogP contribution in [0.2, 0.25) is 0 Å². The highest BCUT2D eigenvalue weighted by atomic mass is 16.6. The fraction of sp³-hybridized carbons (Fsp3) is 0.581. The molecule has 5 atom stereocenters. The van der Waals surface area contributed by atoms with E-state index in [1.54, 1.807) is 0 Å². The lowest BCUT2D eigenvalue weighted by molar-refractivity contribution is -0.184. The second kappa shape index (κ2) is 9.54. The molecule has 2 fully saturated rings. The molecule has 37 heavy (non-hydrogen) atoms. The molecule has 1 aromatic rings. The molecule has 0 radical (unpaired) electrons. The van der Waals surface area contributed by atoms with Crippen LogP contribution in [0.5, 0.6) is 0 Å². The molecule has 0 saturated heterocycles. The van der Waals surface area contributed by atoms with Crippen LogP contribution in [0.4, 0.5) is 5.69 Å². The van der Waals surface area contributed by atoms with Crippen molar-refractivity contribution in [1.82, 2.24) is 0 Å². The van der Waals surface area contributed by atoms with Crippen molar-refractivity contribution in [2.24, 2.45) is 17.3 Å². The predicted molar refractivity (Wildman–Crippen MR) is 142 cm³/mol. The number of allylic oxidation sites excluding steroid dienone is 4. The lowest BCUT2D eigenvalue weighted by Gasteiger charge is -2.52. The number of benzene rings is 1. The van der Waals surface area contributed by atoms with E-state index in [2.05, 4.69) is 36.1 Å². The second-order valence-electron chi connectivity index (χ2n) is 11.8. The number of ether oxygens (including phenoxy) is 2. The number of methoxy groups -OCH3 is 1. The molecule has 0 spiro atoms. The minimum atomic E-state index is -1.13. The van der Waals surface area contributed by atoms with Crippen molar-refractivity contribution < 1.29 is 23.9 Å². The summed E-state index contributed by atoms with van der Waals surface area (Å²) in [5.41, 5.74) is 4.80. The molecule has 2 saturated carbocycles. The molecule has 0 aromatic heterocycles. The normalized spacial score (nSPS) is 32.7. The lowest BCUT2D eigenvalue weighted by Crippen LogP contribution is -2.57. The smallest absolute Gasteiger partial charge is 0.303 e. The van der Waals surface area contributed by atoms with Gasteiger partial charge in [-0.25, -0.2) is 0 Å². The quantitative estimate of drug-likeness (QED) is 0.497. The summed E-state index contributed by atoms with van der Waals surface area (Å²) in [7, 11) is 5.58. The van der Waals surface area contributed by atoms with E-state index in [1.165, 1.54) is 36.3 Å². The van der Waals surface area contributed by atoms with Gasteiger partial charge in [0.25, 0.3) is 0 Å². The highest BCUT2D eigenvalue weighted by molar-refractivity contribution is 5.94. The Morgan fingerprint density at radius 2 is 1.81 bits per heavy atom. The first kappa shape index (κ1) is 25.9. The van der Waals surface area contributed by atoms with E-state index in [4.69, 9.17) is 9.47 Å². The van der Waals surface area contributed by atoms with Gasteiger partial charge in [0.15, 0.2) is 11.4 Å². The Morgan fingerprint density at radius 3 is 2.46 bits per heavy atom. The first-order valence-electron chi connectivity index (χ1n) is 13.6. The van der Waals surface area contributed by atoms with Gasteiger partial charge in [0.1, 0.15) is 6.61 Å². The van der Waals surface area contributed by atoms with Gasteiger partial charge in [0, 0.05) is 51.6 Å². The minimum absolute atomic E-state index is 0.0474. The largest absolute Gasteiger partial charge is 0.451 e. The standard InChI is InChI=1S/C31H39NO5/c1-19(33)37-31(28(35)18-36-5)15-13-27-24-11-8-21-16-23(34)17-26(20-6-9-22(10-7-20)32(3)4)29(21)25(24)12-14-30(27,31)2/h6-7,9-10,16,24,26-27H,8,11-15,17-18H2,1-5H3/t24-,26?,27+,30+,31+/m1/s1. The van der Waals surface area contributed by atoms with Gasteiger partial charge in [-0.2, -0.15) is 0 Å². The number of carbonyl (C=O) groups excluding carboxylic acids is 3. The summed E-state index contributed by atoms with van der Waals surface area (Å²) in [6.45, 7) is 3.52. The van der Waals surface area contributed by atoms with Crippen LogP contribution in [-0.4, -0.2) is 50.9 Å². The molecule has 4 aliphatic rings. The van der Waals surface area contributed by atoms with E-state index in [9.17, 15) is 14.4 Å². The molecule has 6 nitrogen and oxygen atoms in total. The highest BCUT2D eigenvalue weighted by Gasteiger charge is 2.66. The monoisotopic (exact) mass is 505 g/mol. The van der Waals surface area contributed by atoms with Crippen molar-refractivity contribution in [1.29, 1.82) is 0 Å². The minimum Gasteiger partial charge on any atom is -0.451 e. The van der Waals surface area contributed by atoms with Crippen molar-refractivity contribution >= 4 is 23.2 Å². The van der Waals surface area contributed by atoms with Crippen molar-refractivity contribution in [3.8, 4) is 0 Å². The van der Waals surface area contributed by atoms with Crippen LogP contribution in [-0.2, 0) is 23.9 Å². The molecule has 0 N–H and O–H groups in total. The Kier molecular flexibility index (Phi) is 6.68. The Morgan fingerprint density at radius 1 is 1.08 bits per heavy atom. The number of anilines is 1. The number of rotatable bonds is 6. The molecule has 5 rings (SSSR count). The van der Waals surface area contributed by atoms with Crippen LogP contribution in [0.1, 0.15) is 70.3 Å². The van der Waals surface area contributed by atoms with Crippen LogP contribution in [0, 0.1) is 17.3 Å². The second-order valence-corrected chi connectivity index (χ2v) is 11.8. The van der Waals surface area contributed by atoms with Crippen LogP contribution in [0.25, 0.3) is 0 Å². The van der Waals surface area contributed by atoms with Gasteiger partial charge < -0.3 is 14.4 Å². The molecule has 0 bridgehead atoms. The lowest BCUT2D eigenvalue weighted by atomic mass is 9.53. The van der Waals surface area contributed by atoms with Crippen LogP contribution in [0.15, 0.2) is 47.1 Å². The SMILES string of the molecule is COCC(=O)[C@@]1(OC(C)=O)CC[C@H]2[C@@H]3CCC4=CC(=O)CC(c5ccc(N(C)C)cc5)C4=C3CC[C@@]21C. The predicted octanol–water partition coefficient (Wildman–Crippen LogP) is 5.17. The van der Waals surface area contributed by atoms with Gasteiger partial charge in [0.2, 0.25) is 5.78 Å². The van der Waals surface area contributed by atoms with E-state index in [0.717, 1.165) is 37.8 Å². The summed E-state index contributed by atoms with van der Waals surface area (Å²) >= 11 is 0. The van der Waals surface area contributed by atoms with E-state index in [0.29, 0.717) is 18.8 Å². The first-order valence-corrected chi connectivity index (χ1v) is 13.6. The van der Waals surface area contributed by atoms with Crippen LogP contribution < -0.4 is 4.90 Å². The Hall–Kier alpha value is -2.73. The average Bonchev–Trinajstić information content (AvgIpc) is 3.16. The topological polar surface area (TPSA) is 72.9 Å². The molecule has 0 amide bonds. The van der Waals surface area contributed by atoms with Crippen molar-refractivity contribution in [3.05, 3.63) is 52.6 Å². The van der Waals surface area contributed by atoms with Crippen LogP contribution in [0.3, 0.4) is 0 Å². The molecule has 1 unspecified atom stereocenters. The number of nitrogens with zero attached hydrogens (tertiary/aromatic N) is 1. The summed E-state index contributed by atoms with van der Waals surface area (Å²) < 4.78 is 11.2. The van der Waals surface area contributed by atoms with Gasteiger partial charge in [-0.15, -0.1) is 0 Å². The third-order valence-corrected chi connectivity index (χ3v) is 9.76. The zero-order valence-electron chi connectivity index (χ0n) is 22.8. The number of hydrogen-bond acceptors (Lipinski definition) is 6. The summed E-state index contributed by atoms with van der Waals surface area (Å²) in [5, 5.41) is 0. The van der Waals surface area contributed by atoms with Gasteiger partial charge in [-0.1, -0.05) is 24.6 Å². The number of carbonyl (C=O) groups is 3. The third-order valence-electron chi connectivity index (χ3n) is 9.76. The van der Waals surface area contributed by atoms with E-state index in [1.807, 2.05) is 20.2 Å². The molecule has 6 heteroatoms. The Balaban J connectivity index is 1.56. The van der Waals surface area contributed by atoms with Gasteiger partial charge in [-0.3, -0.25) is 14.4 Å². The molecule has 198 valence electrons.